The molecule has 0 aromatic heterocycles. The molecule has 19 heavy (non-hydrogen) atoms. The summed E-state index contributed by atoms with van der Waals surface area (Å²) in [4.78, 5) is 10.8. The maximum Gasteiger partial charge on any atom is 0.491 e. The molecule has 0 aliphatic carbocycles. The molecule has 2 rings (SSSR count). The van der Waals surface area contributed by atoms with Crippen LogP contribution in [0.2, 0.25) is 0 Å². The van der Waals surface area contributed by atoms with Crippen molar-refractivity contribution in [3.05, 3.63) is 36.4 Å². The molecule has 0 unspecified atom stereocenters. The van der Waals surface area contributed by atoms with E-state index >= 15 is 0 Å². The van der Waals surface area contributed by atoms with E-state index in [9.17, 15) is 18.0 Å². The molecular weight excluding hydrogens is 261 g/mol. The molecule has 3 nitrogen and oxygen atoms in total. The first-order valence-corrected chi connectivity index (χ1v) is 5.27. The first-order valence-electron chi connectivity index (χ1n) is 5.27. The van der Waals surface area contributed by atoms with Crippen molar-refractivity contribution in [3.63, 3.8) is 0 Å². The summed E-state index contributed by atoms with van der Waals surface area (Å²) in [6.07, 6.45) is -5.03. The highest BCUT2D eigenvalue weighted by Gasteiger charge is 2.41. The van der Waals surface area contributed by atoms with Crippen LogP contribution in [-0.2, 0) is 4.79 Å². The first kappa shape index (κ1) is 13.2. The lowest BCUT2D eigenvalue weighted by atomic mass is 10.1. The number of carbonyl (C=O) groups excluding carboxylic acids is 1. The highest BCUT2D eigenvalue weighted by atomic mass is 19.4. The number of benzene rings is 2. The zero-order chi connectivity index (χ0) is 14.0. The fourth-order valence-corrected chi connectivity index (χ4v) is 1.64. The van der Waals surface area contributed by atoms with Crippen LogP contribution >= 0.6 is 0 Å². The average Bonchev–Trinajstić information content (AvgIpc) is 2.36. The number of fused-ring (bicyclic) bond motifs is 1. The third-order valence-electron chi connectivity index (χ3n) is 2.46. The maximum absolute atomic E-state index is 12.1. The Labute approximate surface area is 106 Å². The highest BCUT2D eigenvalue weighted by molar-refractivity contribution is 5.90. The smallest absolute Gasteiger partial charge is 0.491 e. The second kappa shape index (κ2) is 4.79. The summed E-state index contributed by atoms with van der Waals surface area (Å²) < 4.78 is 45.7. The van der Waals surface area contributed by atoms with Gasteiger partial charge in [0.05, 0.1) is 7.11 Å². The molecule has 0 saturated carbocycles. The van der Waals surface area contributed by atoms with Gasteiger partial charge < -0.3 is 9.47 Å². The highest BCUT2D eigenvalue weighted by Crippen LogP contribution is 2.32. The molecule has 0 aliphatic heterocycles. The van der Waals surface area contributed by atoms with E-state index in [1.165, 1.54) is 19.2 Å². The predicted molar refractivity (Wildman–Crippen MR) is 62.2 cm³/mol. The zero-order valence-corrected chi connectivity index (χ0v) is 9.82. The third-order valence-corrected chi connectivity index (χ3v) is 2.46. The SMILES string of the molecule is COc1cc(OC(=O)C(F)(F)F)cc2ccccc12. The van der Waals surface area contributed by atoms with Crippen molar-refractivity contribution < 1.29 is 27.4 Å². The van der Waals surface area contributed by atoms with E-state index in [4.69, 9.17) is 4.74 Å². The number of halogens is 3. The normalized spacial score (nSPS) is 11.4. The van der Waals surface area contributed by atoms with Crippen molar-refractivity contribution >= 4 is 16.7 Å². The lowest BCUT2D eigenvalue weighted by Crippen LogP contribution is -2.27. The second-order valence-corrected chi connectivity index (χ2v) is 3.73. The van der Waals surface area contributed by atoms with Crippen molar-refractivity contribution in [1.82, 2.24) is 0 Å². The van der Waals surface area contributed by atoms with Crippen LogP contribution in [0.4, 0.5) is 13.2 Å². The molecule has 0 aliphatic rings. The van der Waals surface area contributed by atoms with Crippen molar-refractivity contribution in [2.75, 3.05) is 7.11 Å². The summed E-state index contributed by atoms with van der Waals surface area (Å²) in [6, 6.07) is 9.52. The van der Waals surface area contributed by atoms with Crippen molar-refractivity contribution in [2.45, 2.75) is 6.18 Å². The third kappa shape index (κ3) is 2.78. The Balaban J connectivity index is 2.43. The molecule has 0 atom stereocenters. The molecule has 0 spiro atoms. The van der Waals surface area contributed by atoms with Gasteiger partial charge in [-0.05, 0) is 11.5 Å². The van der Waals surface area contributed by atoms with Crippen molar-refractivity contribution in [3.8, 4) is 11.5 Å². The molecule has 0 radical (unpaired) electrons. The minimum absolute atomic E-state index is 0.210. The van der Waals surface area contributed by atoms with E-state index in [-0.39, 0.29) is 5.75 Å². The number of hydrogen-bond donors (Lipinski definition) is 0. The van der Waals surface area contributed by atoms with E-state index in [0.717, 1.165) is 5.39 Å². The first-order chi connectivity index (χ1) is 8.91. The maximum atomic E-state index is 12.1. The molecular formula is C13H9F3O3. The number of carbonyl (C=O) groups is 1. The minimum Gasteiger partial charge on any atom is -0.496 e. The minimum atomic E-state index is -5.03. The number of hydrogen-bond acceptors (Lipinski definition) is 3. The molecule has 2 aromatic rings. The lowest BCUT2D eigenvalue weighted by molar-refractivity contribution is -0.189. The topological polar surface area (TPSA) is 35.5 Å². The molecule has 0 bridgehead atoms. The summed E-state index contributed by atoms with van der Waals surface area (Å²) in [5.41, 5.74) is 0. The fourth-order valence-electron chi connectivity index (χ4n) is 1.64. The Kier molecular flexibility index (Phi) is 3.33. The molecule has 0 fully saturated rings. The van der Waals surface area contributed by atoms with E-state index in [1.54, 1.807) is 24.3 Å². The van der Waals surface area contributed by atoms with Gasteiger partial charge in [0.1, 0.15) is 11.5 Å². The van der Waals surface area contributed by atoms with Crippen molar-refractivity contribution in [1.29, 1.82) is 0 Å². The van der Waals surface area contributed by atoms with Gasteiger partial charge in [-0.2, -0.15) is 13.2 Å². The average molecular weight is 270 g/mol. The predicted octanol–water partition coefficient (Wildman–Crippen LogP) is 3.32. The zero-order valence-electron chi connectivity index (χ0n) is 9.82. The van der Waals surface area contributed by atoms with Gasteiger partial charge in [-0.1, -0.05) is 24.3 Å². The standard InChI is InChI=1S/C13H9F3O3/c1-18-11-7-9(19-12(17)13(14,15)16)6-8-4-2-3-5-10(8)11/h2-7H,1H3. The van der Waals surface area contributed by atoms with E-state index < -0.39 is 12.1 Å². The van der Waals surface area contributed by atoms with Crippen LogP contribution in [-0.4, -0.2) is 19.3 Å². The van der Waals surface area contributed by atoms with Crippen LogP contribution in [0.1, 0.15) is 0 Å². The van der Waals surface area contributed by atoms with Crippen LogP contribution in [0.3, 0.4) is 0 Å². The van der Waals surface area contributed by atoms with E-state index in [2.05, 4.69) is 4.74 Å². The summed E-state index contributed by atoms with van der Waals surface area (Å²) >= 11 is 0. The Morgan fingerprint density at radius 2 is 1.84 bits per heavy atom. The number of methoxy groups -OCH3 is 1. The number of esters is 1. The van der Waals surface area contributed by atoms with Gasteiger partial charge in [-0.3, -0.25) is 0 Å². The quantitative estimate of drug-likeness (QED) is 0.620. The number of ether oxygens (including phenoxy) is 2. The number of alkyl halides is 3. The molecule has 0 saturated heterocycles. The second-order valence-electron chi connectivity index (χ2n) is 3.73. The van der Waals surface area contributed by atoms with Gasteiger partial charge in [0.15, 0.2) is 0 Å². The van der Waals surface area contributed by atoms with Crippen LogP contribution in [0.5, 0.6) is 11.5 Å². The molecule has 0 amide bonds. The Hall–Kier alpha value is -2.24. The lowest BCUT2D eigenvalue weighted by Gasteiger charge is -2.10. The molecule has 2 aromatic carbocycles. The molecule has 0 heterocycles. The van der Waals surface area contributed by atoms with Crippen LogP contribution in [0.15, 0.2) is 36.4 Å². The largest absolute Gasteiger partial charge is 0.496 e. The van der Waals surface area contributed by atoms with Gasteiger partial charge in [-0.25, -0.2) is 4.79 Å². The monoisotopic (exact) mass is 270 g/mol. The van der Waals surface area contributed by atoms with Gasteiger partial charge >= 0.3 is 12.1 Å². The Morgan fingerprint density at radius 3 is 2.47 bits per heavy atom. The molecule has 6 heteroatoms. The Bertz CT molecular complexity index is 620. The van der Waals surface area contributed by atoms with Gasteiger partial charge in [0.2, 0.25) is 0 Å². The van der Waals surface area contributed by atoms with Crippen LogP contribution < -0.4 is 9.47 Å². The summed E-state index contributed by atoms with van der Waals surface area (Å²) in [5, 5.41) is 1.34. The van der Waals surface area contributed by atoms with Gasteiger partial charge in [0, 0.05) is 11.5 Å². The molecule has 0 N–H and O–H groups in total. The van der Waals surface area contributed by atoms with E-state index in [1.807, 2.05) is 0 Å². The summed E-state index contributed by atoms with van der Waals surface area (Å²) in [6.45, 7) is 0. The van der Waals surface area contributed by atoms with E-state index in [0.29, 0.717) is 11.1 Å². The van der Waals surface area contributed by atoms with Gasteiger partial charge in [0.25, 0.3) is 0 Å². The number of rotatable bonds is 2. The fraction of sp³-hybridized carbons (Fsp3) is 0.154. The van der Waals surface area contributed by atoms with Crippen molar-refractivity contribution in [2.24, 2.45) is 0 Å². The summed E-state index contributed by atoms with van der Waals surface area (Å²) in [7, 11) is 1.39. The van der Waals surface area contributed by atoms with Crippen LogP contribution in [0.25, 0.3) is 10.8 Å². The van der Waals surface area contributed by atoms with Gasteiger partial charge in [-0.15, -0.1) is 0 Å². The summed E-state index contributed by atoms with van der Waals surface area (Å²) in [5.74, 6) is -2.13. The molecule has 100 valence electrons. The Morgan fingerprint density at radius 1 is 1.16 bits per heavy atom. The van der Waals surface area contributed by atoms with Crippen LogP contribution in [0, 0.1) is 0 Å².